The molecule has 5 nitrogen and oxygen atoms in total. The minimum Gasteiger partial charge on any atom is -0.357 e. The molecule has 3 rings (SSSR count). The summed E-state index contributed by atoms with van der Waals surface area (Å²) >= 11 is 0. The summed E-state index contributed by atoms with van der Waals surface area (Å²) in [7, 11) is 0. The van der Waals surface area contributed by atoms with Crippen molar-refractivity contribution in [3.8, 4) is 0 Å². The van der Waals surface area contributed by atoms with Gasteiger partial charge < -0.3 is 15.2 Å². The van der Waals surface area contributed by atoms with Crippen LogP contribution >= 0.6 is 0 Å². The van der Waals surface area contributed by atoms with Gasteiger partial charge in [0, 0.05) is 19.1 Å². The predicted octanol–water partition coefficient (Wildman–Crippen LogP) is 3.23. The number of hydrogen-bond donors (Lipinski definition) is 2. The van der Waals surface area contributed by atoms with E-state index in [1.165, 1.54) is 37.6 Å². The van der Waals surface area contributed by atoms with E-state index in [0.29, 0.717) is 6.04 Å². The summed E-state index contributed by atoms with van der Waals surface area (Å²) in [5.41, 5.74) is 2.25. The lowest BCUT2D eigenvalue weighted by molar-refractivity contribution is 0.410. The molecule has 0 aliphatic heterocycles. The van der Waals surface area contributed by atoms with Gasteiger partial charge in [-0.15, -0.1) is 0 Å². The third-order valence-corrected chi connectivity index (χ3v) is 4.73. The molecule has 1 aromatic heterocycles. The lowest BCUT2D eigenvalue weighted by Gasteiger charge is -2.24. The summed E-state index contributed by atoms with van der Waals surface area (Å²) in [6.07, 6.45) is 6.55. The molecule has 1 fully saturated rings. The number of aromatic nitrogens is 2. The molecule has 2 aromatic rings. The molecule has 0 spiro atoms. The van der Waals surface area contributed by atoms with Crippen molar-refractivity contribution in [1.82, 2.24) is 20.2 Å². The number of guanidine groups is 1. The summed E-state index contributed by atoms with van der Waals surface area (Å²) < 4.78 is 2.25. The summed E-state index contributed by atoms with van der Waals surface area (Å²) in [5.74, 6) is 2.00. The molecule has 1 aliphatic rings. The Morgan fingerprint density at radius 3 is 2.83 bits per heavy atom. The van der Waals surface area contributed by atoms with E-state index in [0.717, 1.165) is 36.9 Å². The van der Waals surface area contributed by atoms with Crippen LogP contribution in [0.5, 0.6) is 0 Å². The van der Waals surface area contributed by atoms with Gasteiger partial charge in [0.25, 0.3) is 0 Å². The third-order valence-electron chi connectivity index (χ3n) is 4.73. The molecule has 0 atom stereocenters. The zero-order chi connectivity index (χ0) is 16.8. The first-order valence-corrected chi connectivity index (χ1v) is 9.24. The average molecular weight is 327 g/mol. The Morgan fingerprint density at radius 1 is 1.25 bits per heavy atom. The van der Waals surface area contributed by atoms with Crippen LogP contribution in [0.1, 0.15) is 44.9 Å². The summed E-state index contributed by atoms with van der Waals surface area (Å²) in [6.45, 7) is 6.68. The molecule has 1 saturated carbocycles. The van der Waals surface area contributed by atoms with Gasteiger partial charge in [0.2, 0.25) is 0 Å². The van der Waals surface area contributed by atoms with Crippen LogP contribution in [0.4, 0.5) is 0 Å². The van der Waals surface area contributed by atoms with Crippen LogP contribution < -0.4 is 10.6 Å². The van der Waals surface area contributed by atoms with E-state index in [1.54, 1.807) is 0 Å². The van der Waals surface area contributed by atoms with Gasteiger partial charge in [-0.25, -0.2) is 4.98 Å². The Kier molecular flexibility index (Phi) is 5.72. The van der Waals surface area contributed by atoms with Crippen LogP contribution in [0.25, 0.3) is 11.0 Å². The monoisotopic (exact) mass is 327 g/mol. The fraction of sp³-hybridized carbons (Fsp3) is 0.579. The highest BCUT2D eigenvalue weighted by Crippen LogP contribution is 2.17. The highest BCUT2D eigenvalue weighted by molar-refractivity contribution is 5.80. The molecule has 0 bridgehead atoms. The topological polar surface area (TPSA) is 54.2 Å². The highest BCUT2D eigenvalue weighted by Gasteiger charge is 2.14. The smallest absolute Gasteiger partial charge is 0.191 e. The molecule has 130 valence electrons. The quantitative estimate of drug-likeness (QED) is 0.655. The molecule has 24 heavy (non-hydrogen) atoms. The van der Waals surface area contributed by atoms with Crippen molar-refractivity contribution in [2.75, 3.05) is 13.1 Å². The van der Waals surface area contributed by atoms with Crippen molar-refractivity contribution < 1.29 is 0 Å². The number of fused-ring (bicyclic) bond motifs is 1. The number of aliphatic imine (C=N–C) groups is 1. The normalized spacial score (nSPS) is 16.5. The van der Waals surface area contributed by atoms with Gasteiger partial charge in [0.15, 0.2) is 5.96 Å². The second-order valence-corrected chi connectivity index (χ2v) is 6.54. The Bertz CT molecular complexity index is 682. The number of aryl methyl sites for hydroxylation is 1. The highest BCUT2D eigenvalue weighted by atomic mass is 15.2. The Morgan fingerprint density at radius 2 is 2.04 bits per heavy atom. The van der Waals surface area contributed by atoms with E-state index < -0.39 is 0 Å². The molecule has 0 amide bonds. The van der Waals surface area contributed by atoms with Crippen molar-refractivity contribution in [2.24, 2.45) is 4.99 Å². The summed E-state index contributed by atoms with van der Waals surface area (Å²) in [4.78, 5) is 9.40. The minimum absolute atomic E-state index is 0.576. The van der Waals surface area contributed by atoms with Crippen LogP contribution in [0.15, 0.2) is 29.3 Å². The number of hydrogen-bond acceptors (Lipinski definition) is 2. The maximum absolute atomic E-state index is 4.78. The van der Waals surface area contributed by atoms with E-state index in [4.69, 9.17) is 4.99 Å². The maximum atomic E-state index is 4.78. The fourth-order valence-corrected chi connectivity index (χ4v) is 3.50. The zero-order valence-electron chi connectivity index (χ0n) is 14.9. The number of nitrogens with one attached hydrogen (secondary N) is 2. The summed E-state index contributed by atoms with van der Waals surface area (Å²) in [6, 6.07) is 8.88. The number of rotatable bonds is 5. The van der Waals surface area contributed by atoms with E-state index in [-0.39, 0.29) is 0 Å². The van der Waals surface area contributed by atoms with Gasteiger partial charge in [0.05, 0.1) is 17.6 Å². The Balaban J connectivity index is 1.64. The standard InChI is InChI=1S/C19H29N5/c1-3-20-19(23-16-9-5-4-6-10-16)21-13-14-24-15(2)22-17-11-7-8-12-18(17)24/h7-8,11-12,16H,3-6,9-10,13-14H2,1-2H3,(H2,20,21,23). The first kappa shape index (κ1) is 16.8. The molecule has 1 aromatic carbocycles. The largest absolute Gasteiger partial charge is 0.357 e. The molecule has 1 heterocycles. The van der Waals surface area contributed by atoms with Crippen molar-refractivity contribution in [1.29, 1.82) is 0 Å². The SMILES string of the molecule is CCNC(=NCCn1c(C)nc2ccccc21)NC1CCCCC1. The van der Waals surface area contributed by atoms with Crippen molar-refractivity contribution in [2.45, 2.75) is 58.5 Å². The second kappa shape index (κ2) is 8.18. The van der Waals surface area contributed by atoms with Gasteiger partial charge in [-0.2, -0.15) is 0 Å². The van der Waals surface area contributed by atoms with Gasteiger partial charge in [-0.05, 0) is 38.8 Å². The van der Waals surface area contributed by atoms with Crippen LogP contribution in [0, 0.1) is 6.92 Å². The van der Waals surface area contributed by atoms with Gasteiger partial charge in [-0.1, -0.05) is 31.4 Å². The van der Waals surface area contributed by atoms with E-state index in [9.17, 15) is 0 Å². The molecule has 0 saturated heterocycles. The van der Waals surface area contributed by atoms with E-state index in [2.05, 4.69) is 52.2 Å². The number of para-hydroxylation sites is 2. The lowest BCUT2D eigenvalue weighted by atomic mass is 9.96. The van der Waals surface area contributed by atoms with Crippen molar-refractivity contribution >= 4 is 17.0 Å². The molecule has 2 N–H and O–H groups in total. The fourth-order valence-electron chi connectivity index (χ4n) is 3.50. The van der Waals surface area contributed by atoms with Crippen molar-refractivity contribution in [3.63, 3.8) is 0 Å². The molecule has 0 unspecified atom stereocenters. The molecule has 0 radical (unpaired) electrons. The first-order valence-electron chi connectivity index (χ1n) is 9.24. The number of benzene rings is 1. The van der Waals surface area contributed by atoms with Gasteiger partial charge >= 0.3 is 0 Å². The molecular formula is C19H29N5. The van der Waals surface area contributed by atoms with Crippen LogP contribution in [-0.2, 0) is 6.54 Å². The van der Waals surface area contributed by atoms with Gasteiger partial charge in [-0.3, -0.25) is 4.99 Å². The van der Waals surface area contributed by atoms with Crippen LogP contribution in [0.2, 0.25) is 0 Å². The number of imidazole rings is 1. The van der Waals surface area contributed by atoms with Gasteiger partial charge in [0.1, 0.15) is 5.82 Å². The lowest BCUT2D eigenvalue weighted by Crippen LogP contribution is -2.44. The van der Waals surface area contributed by atoms with Crippen LogP contribution in [-0.4, -0.2) is 34.6 Å². The second-order valence-electron chi connectivity index (χ2n) is 6.54. The zero-order valence-corrected chi connectivity index (χ0v) is 14.9. The average Bonchev–Trinajstić information content (AvgIpc) is 2.92. The van der Waals surface area contributed by atoms with E-state index >= 15 is 0 Å². The summed E-state index contributed by atoms with van der Waals surface area (Å²) in [5, 5.41) is 6.98. The first-order chi connectivity index (χ1) is 11.8. The Labute approximate surface area is 144 Å². The van der Waals surface area contributed by atoms with E-state index in [1.807, 2.05) is 6.07 Å². The predicted molar refractivity (Wildman–Crippen MR) is 100 cm³/mol. The molecular weight excluding hydrogens is 298 g/mol. The maximum Gasteiger partial charge on any atom is 0.191 e. The molecule has 1 aliphatic carbocycles. The van der Waals surface area contributed by atoms with Crippen LogP contribution in [0.3, 0.4) is 0 Å². The minimum atomic E-state index is 0.576. The third kappa shape index (κ3) is 4.08. The molecule has 5 heteroatoms. The number of nitrogens with zero attached hydrogens (tertiary/aromatic N) is 3. The Hall–Kier alpha value is -2.04. The van der Waals surface area contributed by atoms with Crippen molar-refractivity contribution in [3.05, 3.63) is 30.1 Å².